The highest BCUT2D eigenvalue weighted by Crippen LogP contribution is 2.34. The van der Waals surface area contributed by atoms with Crippen LogP contribution in [0.1, 0.15) is 38.3 Å². The van der Waals surface area contributed by atoms with Crippen LogP contribution in [0.4, 0.5) is 0 Å². The molecule has 2 aromatic carbocycles. The van der Waals surface area contributed by atoms with E-state index < -0.39 is 16.1 Å². The molecular weight excluding hydrogens is 464 g/mol. The zero-order chi connectivity index (χ0) is 25.6. The van der Waals surface area contributed by atoms with Crippen LogP contribution in [0.3, 0.4) is 0 Å². The number of aliphatic hydroxyl groups excluding tert-OH is 1. The van der Waals surface area contributed by atoms with E-state index in [1.165, 1.54) is 4.31 Å². The molecule has 0 fully saturated rings. The first-order chi connectivity index (χ1) is 16.7. The van der Waals surface area contributed by atoms with Gasteiger partial charge in [0.05, 0.1) is 19.3 Å². The lowest BCUT2D eigenvalue weighted by Gasteiger charge is -2.37. The Balaban J connectivity index is 2.07. The largest absolute Gasteiger partial charge is 0.495 e. The van der Waals surface area contributed by atoms with E-state index >= 15 is 0 Å². The average Bonchev–Trinajstić information content (AvgIpc) is 2.84. The van der Waals surface area contributed by atoms with E-state index in [0.29, 0.717) is 17.9 Å². The molecule has 0 radical (unpaired) electrons. The topological polar surface area (TPSA) is 79.3 Å². The zero-order valence-electron chi connectivity index (χ0n) is 21.2. The number of benzene rings is 2. The Morgan fingerprint density at radius 3 is 2.69 bits per heavy atom. The molecule has 190 valence electrons. The average molecular weight is 501 g/mol. The lowest BCUT2D eigenvalue weighted by atomic mass is 10.0. The summed E-state index contributed by atoms with van der Waals surface area (Å²) in [5, 5.41) is 9.79. The van der Waals surface area contributed by atoms with Gasteiger partial charge in [-0.15, -0.1) is 0 Å². The third kappa shape index (κ3) is 6.36. The number of fused-ring (bicyclic) bond motifs is 1. The number of methoxy groups -OCH3 is 1. The molecule has 35 heavy (non-hydrogen) atoms. The van der Waals surface area contributed by atoms with Crippen LogP contribution in [0.25, 0.3) is 0 Å². The SMILES string of the molecule is CCCN(C)C[C@@H]1Oc2cc(C#Cc3ccccc3OC)ccc2S(=O)(=O)N([C@@H](C)CO)C[C@@H]1C. The van der Waals surface area contributed by atoms with Crippen LogP contribution < -0.4 is 9.47 Å². The predicted molar refractivity (Wildman–Crippen MR) is 137 cm³/mol. The van der Waals surface area contributed by atoms with Crippen LogP contribution in [-0.4, -0.2) is 75.3 Å². The molecule has 0 saturated carbocycles. The minimum absolute atomic E-state index is 0.0884. The molecule has 0 aliphatic carbocycles. The number of aliphatic hydroxyl groups is 1. The van der Waals surface area contributed by atoms with Gasteiger partial charge in [-0.25, -0.2) is 8.42 Å². The molecule has 8 heteroatoms. The first-order valence-corrected chi connectivity index (χ1v) is 13.4. The van der Waals surface area contributed by atoms with Gasteiger partial charge >= 0.3 is 0 Å². The Hall–Kier alpha value is -2.57. The molecule has 2 aromatic rings. The van der Waals surface area contributed by atoms with E-state index in [-0.39, 0.29) is 35.8 Å². The van der Waals surface area contributed by atoms with Gasteiger partial charge in [-0.05, 0) is 57.3 Å². The third-order valence-electron chi connectivity index (χ3n) is 6.21. The van der Waals surface area contributed by atoms with Gasteiger partial charge < -0.3 is 19.5 Å². The zero-order valence-corrected chi connectivity index (χ0v) is 22.0. The second-order valence-electron chi connectivity index (χ2n) is 9.11. The molecule has 0 saturated heterocycles. The van der Waals surface area contributed by atoms with Crippen molar-refractivity contribution in [1.29, 1.82) is 0 Å². The summed E-state index contributed by atoms with van der Waals surface area (Å²) < 4.78 is 40.4. The van der Waals surface area contributed by atoms with E-state index in [2.05, 4.69) is 23.7 Å². The van der Waals surface area contributed by atoms with E-state index in [0.717, 1.165) is 18.5 Å². The van der Waals surface area contributed by atoms with Gasteiger partial charge in [0.2, 0.25) is 10.0 Å². The minimum atomic E-state index is -3.88. The van der Waals surface area contributed by atoms with Gasteiger partial charge in [0.25, 0.3) is 0 Å². The number of rotatable bonds is 7. The molecule has 1 aliphatic rings. The Bertz CT molecular complexity index is 1170. The summed E-state index contributed by atoms with van der Waals surface area (Å²) in [6.45, 7) is 7.42. The van der Waals surface area contributed by atoms with Crippen LogP contribution in [0, 0.1) is 17.8 Å². The lowest BCUT2D eigenvalue weighted by Crippen LogP contribution is -2.49. The monoisotopic (exact) mass is 500 g/mol. The number of hydrogen-bond acceptors (Lipinski definition) is 6. The number of nitrogens with zero attached hydrogens (tertiary/aromatic N) is 2. The summed E-state index contributed by atoms with van der Waals surface area (Å²) in [5.74, 6) is 7.09. The molecule has 0 aromatic heterocycles. The lowest BCUT2D eigenvalue weighted by molar-refractivity contribution is 0.0752. The number of hydrogen-bond donors (Lipinski definition) is 1. The molecule has 0 spiro atoms. The molecule has 0 bridgehead atoms. The summed E-state index contributed by atoms with van der Waals surface area (Å²) in [5.41, 5.74) is 1.38. The molecule has 3 atom stereocenters. The first kappa shape index (κ1) is 27.0. The quantitative estimate of drug-likeness (QED) is 0.589. The summed E-state index contributed by atoms with van der Waals surface area (Å²) in [7, 11) is -0.238. The molecule has 0 unspecified atom stereocenters. The van der Waals surface area contributed by atoms with Crippen molar-refractivity contribution in [1.82, 2.24) is 9.21 Å². The van der Waals surface area contributed by atoms with Crippen LogP contribution in [0.5, 0.6) is 11.5 Å². The molecule has 3 rings (SSSR count). The van der Waals surface area contributed by atoms with Gasteiger partial charge in [0.1, 0.15) is 22.5 Å². The fraction of sp³-hybridized carbons (Fsp3) is 0.481. The van der Waals surface area contributed by atoms with E-state index in [1.807, 2.05) is 38.2 Å². The number of para-hydroxylation sites is 1. The van der Waals surface area contributed by atoms with Crippen LogP contribution >= 0.6 is 0 Å². The van der Waals surface area contributed by atoms with E-state index in [4.69, 9.17) is 9.47 Å². The van der Waals surface area contributed by atoms with Gasteiger partial charge in [-0.2, -0.15) is 4.31 Å². The fourth-order valence-electron chi connectivity index (χ4n) is 4.19. The van der Waals surface area contributed by atoms with Crippen molar-refractivity contribution >= 4 is 10.0 Å². The van der Waals surface area contributed by atoms with Crippen LogP contribution in [0.2, 0.25) is 0 Å². The second kappa shape index (κ2) is 11.9. The maximum atomic E-state index is 13.6. The molecule has 1 N–H and O–H groups in total. The maximum Gasteiger partial charge on any atom is 0.247 e. The Kier molecular flexibility index (Phi) is 9.20. The molecule has 1 heterocycles. The smallest absolute Gasteiger partial charge is 0.247 e. The highest BCUT2D eigenvalue weighted by Gasteiger charge is 2.38. The molecule has 0 amide bonds. The van der Waals surface area contributed by atoms with Crippen molar-refractivity contribution in [3.63, 3.8) is 0 Å². The van der Waals surface area contributed by atoms with Crippen molar-refractivity contribution < 1.29 is 23.0 Å². The molecule has 7 nitrogen and oxygen atoms in total. The summed E-state index contributed by atoms with van der Waals surface area (Å²) in [6.07, 6.45) is 0.783. The standard InChI is InChI=1S/C27H36N2O5S/c1-6-15-28(4)18-26-20(2)17-29(21(3)19-30)35(31,32)27-14-12-22(16-25(27)34-26)11-13-23-9-7-8-10-24(23)33-5/h7-10,12,14,16,20-21,26,30H,6,15,17-19H2,1-5H3/t20-,21-,26-/m0/s1. The van der Waals surface area contributed by atoms with E-state index in [9.17, 15) is 13.5 Å². The van der Waals surface area contributed by atoms with Crippen molar-refractivity contribution in [3.8, 4) is 23.3 Å². The first-order valence-electron chi connectivity index (χ1n) is 12.0. The van der Waals surface area contributed by atoms with Crippen molar-refractivity contribution in [2.45, 2.75) is 44.2 Å². The Morgan fingerprint density at radius 1 is 1.26 bits per heavy atom. The Labute approximate surface area is 209 Å². The number of ether oxygens (including phenoxy) is 2. The van der Waals surface area contributed by atoms with Crippen molar-refractivity contribution in [2.24, 2.45) is 5.92 Å². The summed E-state index contributed by atoms with van der Waals surface area (Å²) in [4.78, 5) is 2.29. The summed E-state index contributed by atoms with van der Waals surface area (Å²) >= 11 is 0. The van der Waals surface area contributed by atoms with Gasteiger partial charge in [0, 0.05) is 30.6 Å². The predicted octanol–water partition coefficient (Wildman–Crippen LogP) is 3.21. The van der Waals surface area contributed by atoms with Crippen LogP contribution in [0.15, 0.2) is 47.4 Å². The van der Waals surface area contributed by atoms with Crippen molar-refractivity contribution in [2.75, 3.05) is 40.4 Å². The van der Waals surface area contributed by atoms with Gasteiger partial charge in [0.15, 0.2) is 0 Å². The number of sulfonamides is 1. The Morgan fingerprint density at radius 2 is 2.00 bits per heavy atom. The minimum Gasteiger partial charge on any atom is -0.495 e. The highest BCUT2D eigenvalue weighted by atomic mass is 32.2. The number of likely N-dealkylation sites (N-methyl/N-ethyl adjacent to an activating group) is 1. The van der Waals surface area contributed by atoms with Crippen molar-refractivity contribution in [3.05, 3.63) is 53.6 Å². The fourth-order valence-corrected chi connectivity index (χ4v) is 6.01. The van der Waals surface area contributed by atoms with Gasteiger partial charge in [-0.1, -0.05) is 37.8 Å². The third-order valence-corrected chi connectivity index (χ3v) is 8.23. The second-order valence-corrected chi connectivity index (χ2v) is 11.0. The summed E-state index contributed by atoms with van der Waals surface area (Å²) in [6, 6.07) is 11.9. The van der Waals surface area contributed by atoms with Gasteiger partial charge in [-0.3, -0.25) is 0 Å². The normalized spacial score (nSPS) is 20.5. The van der Waals surface area contributed by atoms with E-state index in [1.54, 1.807) is 32.2 Å². The maximum absolute atomic E-state index is 13.6. The molecule has 1 aliphatic heterocycles. The van der Waals surface area contributed by atoms with Crippen LogP contribution in [-0.2, 0) is 10.0 Å². The highest BCUT2D eigenvalue weighted by molar-refractivity contribution is 7.89. The molecular formula is C27H36N2O5S.